The van der Waals surface area contributed by atoms with Crippen molar-refractivity contribution in [2.24, 2.45) is 5.92 Å². The van der Waals surface area contributed by atoms with Crippen molar-refractivity contribution in [1.82, 2.24) is 15.6 Å². The van der Waals surface area contributed by atoms with Crippen molar-refractivity contribution in [3.8, 4) is 5.75 Å². The highest BCUT2D eigenvalue weighted by Gasteiger charge is 2.33. The van der Waals surface area contributed by atoms with Gasteiger partial charge in [0, 0.05) is 36.0 Å². The number of rotatable bonds is 7. The van der Waals surface area contributed by atoms with Gasteiger partial charge >= 0.3 is 0 Å². The number of carbonyl (C=O) groups is 2. The molecule has 1 aromatic heterocycles. The Hall–Kier alpha value is -2.45. The minimum Gasteiger partial charge on any atom is -0.497 e. The number of hydrogen-bond donors (Lipinski definition) is 3. The molecule has 1 aromatic carbocycles. The fourth-order valence-electron chi connectivity index (χ4n) is 3.36. The number of thiazole rings is 1. The van der Waals surface area contributed by atoms with Crippen molar-refractivity contribution in [3.63, 3.8) is 0 Å². The molecule has 0 aliphatic heterocycles. The van der Waals surface area contributed by atoms with Gasteiger partial charge in [0.2, 0.25) is 5.91 Å². The van der Waals surface area contributed by atoms with Crippen LogP contribution in [0.5, 0.6) is 5.75 Å². The molecule has 28 heavy (non-hydrogen) atoms. The quantitative estimate of drug-likeness (QED) is 0.654. The molecule has 0 radical (unpaired) electrons. The van der Waals surface area contributed by atoms with Gasteiger partial charge in [-0.2, -0.15) is 0 Å². The average molecular weight is 404 g/mol. The van der Waals surface area contributed by atoms with Crippen LogP contribution in [0.4, 0.5) is 0 Å². The zero-order valence-electron chi connectivity index (χ0n) is 15.8. The molecule has 1 fully saturated rings. The minimum atomic E-state index is -0.651. The van der Waals surface area contributed by atoms with Crippen LogP contribution >= 0.6 is 11.3 Å². The van der Waals surface area contributed by atoms with E-state index in [0.717, 1.165) is 5.01 Å². The zero-order chi connectivity index (χ0) is 19.9. The Morgan fingerprint density at radius 3 is 2.75 bits per heavy atom. The number of aliphatic hydroxyl groups excluding tert-OH is 1. The highest BCUT2D eigenvalue weighted by Crippen LogP contribution is 2.25. The Labute approximate surface area is 168 Å². The fourth-order valence-corrected chi connectivity index (χ4v) is 3.98. The first-order chi connectivity index (χ1) is 13.6. The molecule has 2 aromatic rings. The van der Waals surface area contributed by atoms with Crippen LogP contribution in [-0.4, -0.2) is 47.7 Å². The van der Waals surface area contributed by atoms with Gasteiger partial charge in [-0.3, -0.25) is 9.59 Å². The lowest BCUT2D eigenvalue weighted by molar-refractivity contribution is -0.127. The normalized spacial score (nSPS) is 21.7. The first kappa shape index (κ1) is 20.3. The summed E-state index contributed by atoms with van der Waals surface area (Å²) in [4.78, 5) is 29.1. The molecular formula is C20H25N3O4S. The number of aliphatic hydroxyl groups is 1. The number of methoxy groups -OCH3 is 1. The maximum atomic E-state index is 12.5. The van der Waals surface area contributed by atoms with Crippen LogP contribution in [0.2, 0.25) is 0 Å². The number of aromatic nitrogens is 1. The highest BCUT2D eigenvalue weighted by atomic mass is 32.1. The molecule has 1 aliphatic rings. The van der Waals surface area contributed by atoms with Crippen molar-refractivity contribution >= 4 is 23.2 Å². The van der Waals surface area contributed by atoms with Gasteiger partial charge in [0.05, 0.1) is 24.3 Å². The Balaban J connectivity index is 1.51. The molecule has 1 aliphatic carbocycles. The van der Waals surface area contributed by atoms with E-state index in [4.69, 9.17) is 4.74 Å². The van der Waals surface area contributed by atoms with E-state index < -0.39 is 12.1 Å². The van der Waals surface area contributed by atoms with E-state index >= 15 is 0 Å². The first-order valence-corrected chi connectivity index (χ1v) is 10.2. The lowest BCUT2D eigenvalue weighted by Crippen LogP contribution is -2.49. The predicted molar refractivity (Wildman–Crippen MR) is 106 cm³/mol. The largest absolute Gasteiger partial charge is 0.497 e. The van der Waals surface area contributed by atoms with E-state index in [9.17, 15) is 14.7 Å². The van der Waals surface area contributed by atoms with Crippen molar-refractivity contribution in [1.29, 1.82) is 0 Å². The third-order valence-corrected chi connectivity index (χ3v) is 5.81. The molecule has 2 amide bonds. The van der Waals surface area contributed by atoms with Crippen LogP contribution < -0.4 is 15.4 Å². The first-order valence-electron chi connectivity index (χ1n) is 9.36. The molecule has 3 atom stereocenters. The Morgan fingerprint density at radius 2 is 2.07 bits per heavy atom. The van der Waals surface area contributed by atoms with E-state index in [1.165, 1.54) is 0 Å². The molecule has 3 N–H and O–H groups in total. The second kappa shape index (κ2) is 9.66. The summed E-state index contributed by atoms with van der Waals surface area (Å²) < 4.78 is 5.09. The number of ether oxygens (including phenoxy) is 1. The number of nitrogens with one attached hydrogen (secondary N) is 2. The molecule has 0 unspecified atom stereocenters. The van der Waals surface area contributed by atoms with E-state index in [0.29, 0.717) is 43.5 Å². The zero-order valence-corrected chi connectivity index (χ0v) is 16.6. The predicted octanol–water partition coefficient (Wildman–Crippen LogP) is 1.77. The van der Waals surface area contributed by atoms with Gasteiger partial charge in [0.15, 0.2) is 0 Å². The molecule has 1 saturated carbocycles. The topological polar surface area (TPSA) is 101 Å². The molecule has 7 nitrogen and oxygen atoms in total. The van der Waals surface area contributed by atoms with E-state index in [1.807, 2.05) is 5.38 Å². The summed E-state index contributed by atoms with van der Waals surface area (Å²) in [6.07, 6.45) is 3.32. The van der Waals surface area contributed by atoms with Crippen LogP contribution in [0.25, 0.3) is 0 Å². The second-order valence-corrected chi connectivity index (χ2v) is 7.83. The standard InChI is InChI=1S/C20H25N3O4S/c1-27-15-5-2-13(3-6-15)20(26)23-16-12-14(4-7-17(16)24)19(25)22-9-8-18-21-10-11-28-18/h2-3,5-6,10-11,14,16-17,24H,4,7-9,12H2,1H3,(H,22,25)(H,23,26)/t14-,16+,17+/m0/s1. The van der Waals surface area contributed by atoms with Crippen LogP contribution in [-0.2, 0) is 11.2 Å². The number of carbonyl (C=O) groups excluding carboxylic acids is 2. The number of amides is 2. The van der Waals surface area contributed by atoms with Crippen LogP contribution in [0.15, 0.2) is 35.8 Å². The number of benzene rings is 1. The van der Waals surface area contributed by atoms with Crippen LogP contribution in [0.1, 0.15) is 34.6 Å². The highest BCUT2D eigenvalue weighted by molar-refractivity contribution is 7.09. The number of nitrogens with zero attached hydrogens (tertiary/aromatic N) is 1. The maximum Gasteiger partial charge on any atom is 0.251 e. The number of hydrogen-bond acceptors (Lipinski definition) is 6. The molecule has 0 bridgehead atoms. The third kappa shape index (κ3) is 5.30. The summed E-state index contributed by atoms with van der Waals surface area (Å²) in [6.45, 7) is 0.536. The monoisotopic (exact) mass is 403 g/mol. The smallest absolute Gasteiger partial charge is 0.251 e. The molecule has 0 saturated heterocycles. The van der Waals surface area contributed by atoms with Crippen molar-refractivity contribution in [2.75, 3.05) is 13.7 Å². The second-order valence-electron chi connectivity index (χ2n) is 6.85. The van der Waals surface area contributed by atoms with Gasteiger partial charge < -0.3 is 20.5 Å². The molecule has 3 rings (SSSR count). The summed E-state index contributed by atoms with van der Waals surface area (Å²) in [5.41, 5.74) is 0.489. The maximum absolute atomic E-state index is 12.5. The van der Waals surface area contributed by atoms with Crippen LogP contribution in [0.3, 0.4) is 0 Å². The van der Waals surface area contributed by atoms with E-state index in [2.05, 4.69) is 15.6 Å². The minimum absolute atomic E-state index is 0.0350. The summed E-state index contributed by atoms with van der Waals surface area (Å²) in [5.74, 6) is 0.147. The average Bonchev–Trinajstić information content (AvgIpc) is 3.23. The lowest BCUT2D eigenvalue weighted by Gasteiger charge is -2.33. The fraction of sp³-hybridized carbons (Fsp3) is 0.450. The Morgan fingerprint density at radius 1 is 1.29 bits per heavy atom. The lowest BCUT2D eigenvalue weighted by atomic mass is 9.83. The van der Waals surface area contributed by atoms with Crippen molar-refractivity contribution in [2.45, 2.75) is 37.8 Å². The molecule has 8 heteroatoms. The Bertz CT molecular complexity index is 779. The summed E-state index contributed by atoms with van der Waals surface area (Å²) >= 11 is 1.57. The van der Waals surface area contributed by atoms with Crippen LogP contribution in [0, 0.1) is 5.92 Å². The van der Waals surface area contributed by atoms with E-state index in [1.54, 1.807) is 48.9 Å². The van der Waals surface area contributed by atoms with Gasteiger partial charge in [-0.15, -0.1) is 11.3 Å². The third-order valence-electron chi connectivity index (χ3n) is 4.97. The van der Waals surface area contributed by atoms with Crippen molar-refractivity contribution in [3.05, 3.63) is 46.4 Å². The molecule has 150 valence electrons. The molecule has 0 spiro atoms. The van der Waals surface area contributed by atoms with E-state index in [-0.39, 0.29) is 17.7 Å². The van der Waals surface area contributed by atoms with Gasteiger partial charge in [-0.05, 0) is 43.5 Å². The summed E-state index contributed by atoms with van der Waals surface area (Å²) in [7, 11) is 1.57. The molecule has 1 heterocycles. The summed E-state index contributed by atoms with van der Waals surface area (Å²) in [5, 5.41) is 19.0. The SMILES string of the molecule is COc1ccc(C(=O)N[C@@H]2C[C@@H](C(=O)NCCc3nccs3)CC[C@H]2O)cc1. The van der Waals surface area contributed by atoms with Gasteiger partial charge in [0.1, 0.15) is 5.75 Å². The van der Waals surface area contributed by atoms with Gasteiger partial charge in [0.25, 0.3) is 5.91 Å². The van der Waals surface area contributed by atoms with Gasteiger partial charge in [-0.1, -0.05) is 0 Å². The van der Waals surface area contributed by atoms with Gasteiger partial charge in [-0.25, -0.2) is 4.98 Å². The Kier molecular flexibility index (Phi) is 7.00. The van der Waals surface area contributed by atoms with Crippen molar-refractivity contribution < 1.29 is 19.4 Å². The summed E-state index contributed by atoms with van der Waals surface area (Å²) in [6, 6.07) is 6.33. The molecular weight excluding hydrogens is 378 g/mol.